The Balaban J connectivity index is 0.000000461. The zero-order valence-electron chi connectivity index (χ0n) is 7.09. The van der Waals surface area contributed by atoms with Crippen LogP contribution >= 0.6 is 0 Å². The van der Waals surface area contributed by atoms with Crippen LogP contribution in [0.5, 0.6) is 0 Å². The van der Waals surface area contributed by atoms with E-state index in [1.54, 1.807) is 0 Å². The molecule has 0 spiro atoms. The number of rotatable bonds is 1. The normalized spacial score (nSPS) is 16.5. The lowest BCUT2D eigenvalue weighted by atomic mass is 10.4. The number of amides is 2. The molecule has 0 atom stereocenters. The Labute approximate surface area is 66.1 Å². The molecule has 1 rings (SSSR count). The van der Waals surface area contributed by atoms with E-state index in [2.05, 4.69) is 4.84 Å². The molecule has 11 heavy (non-hydrogen) atoms. The summed E-state index contributed by atoms with van der Waals surface area (Å²) in [5.41, 5.74) is 0. The van der Waals surface area contributed by atoms with Crippen LogP contribution in [0.25, 0.3) is 0 Å². The first kappa shape index (κ1) is 10.1. The molecule has 0 saturated carbocycles. The molecule has 1 heterocycles. The second-order valence-electron chi connectivity index (χ2n) is 1.76. The van der Waals surface area contributed by atoms with Gasteiger partial charge in [-0.3, -0.25) is 14.4 Å². The lowest BCUT2D eigenvalue weighted by molar-refractivity contribution is -0.179. The summed E-state index contributed by atoms with van der Waals surface area (Å²) in [6.07, 6.45) is 0.569. The maximum atomic E-state index is 10.6. The molecular formula is C7H13NO3. The molecule has 0 N–H and O–H groups in total. The highest BCUT2D eigenvalue weighted by molar-refractivity contribution is 6.00. The molecule has 0 unspecified atom stereocenters. The smallest absolute Gasteiger partial charge is 0.253 e. The van der Waals surface area contributed by atoms with Crippen molar-refractivity contribution in [3.8, 4) is 0 Å². The van der Waals surface area contributed by atoms with Gasteiger partial charge in [-0.1, -0.05) is 13.8 Å². The molecular weight excluding hydrogens is 146 g/mol. The second-order valence-corrected chi connectivity index (χ2v) is 1.76. The van der Waals surface area contributed by atoms with Gasteiger partial charge in [-0.15, -0.1) is 0 Å². The fraction of sp³-hybridized carbons (Fsp3) is 0.714. The van der Waals surface area contributed by atoms with Crippen LogP contribution in [-0.4, -0.2) is 24.0 Å². The van der Waals surface area contributed by atoms with Crippen LogP contribution in [0.3, 0.4) is 0 Å². The van der Waals surface area contributed by atoms with Crippen LogP contribution in [0.4, 0.5) is 0 Å². The second kappa shape index (κ2) is 4.85. The molecule has 1 fully saturated rings. The molecule has 4 nitrogen and oxygen atoms in total. The van der Waals surface area contributed by atoms with Gasteiger partial charge < -0.3 is 0 Å². The summed E-state index contributed by atoms with van der Waals surface area (Å²) in [6, 6.07) is 0. The molecule has 0 aromatic heterocycles. The first-order valence-electron chi connectivity index (χ1n) is 3.65. The van der Waals surface area contributed by atoms with Gasteiger partial charge in [-0.2, -0.15) is 5.06 Å². The monoisotopic (exact) mass is 159 g/mol. The molecule has 4 heteroatoms. The minimum absolute atomic E-state index is 0.248. The van der Waals surface area contributed by atoms with Gasteiger partial charge in [-0.05, 0) is 0 Å². The summed E-state index contributed by atoms with van der Waals surface area (Å²) in [5, 5.41) is 0.792. The SMILES string of the molecule is CC.CON1C(=O)CCC1=O. The predicted molar refractivity (Wildman–Crippen MR) is 39.4 cm³/mol. The maximum Gasteiger partial charge on any atom is 0.253 e. The lowest BCUT2D eigenvalue weighted by Gasteiger charge is -2.07. The van der Waals surface area contributed by atoms with E-state index in [1.807, 2.05) is 13.8 Å². The van der Waals surface area contributed by atoms with E-state index in [4.69, 9.17) is 0 Å². The van der Waals surface area contributed by atoms with E-state index < -0.39 is 0 Å². The highest BCUT2D eigenvalue weighted by Gasteiger charge is 2.28. The van der Waals surface area contributed by atoms with E-state index in [1.165, 1.54) is 7.11 Å². The fourth-order valence-electron chi connectivity index (χ4n) is 0.760. The van der Waals surface area contributed by atoms with Gasteiger partial charge in [0.25, 0.3) is 11.8 Å². The number of hydroxylamine groups is 2. The molecule has 1 saturated heterocycles. The summed E-state index contributed by atoms with van der Waals surface area (Å²) >= 11 is 0. The number of nitrogens with zero attached hydrogens (tertiary/aromatic N) is 1. The summed E-state index contributed by atoms with van der Waals surface area (Å²) in [6.45, 7) is 4.00. The van der Waals surface area contributed by atoms with E-state index in [-0.39, 0.29) is 24.7 Å². The Kier molecular flexibility index (Phi) is 4.45. The minimum Gasteiger partial charge on any atom is -0.272 e. The topological polar surface area (TPSA) is 46.6 Å². The minimum atomic E-state index is -0.248. The molecule has 2 amide bonds. The number of carbonyl (C=O) groups is 2. The molecule has 0 aliphatic carbocycles. The third-order valence-electron chi connectivity index (χ3n) is 1.19. The molecule has 0 aromatic carbocycles. The van der Waals surface area contributed by atoms with E-state index >= 15 is 0 Å². The van der Waals surface area contributed by atoms with Crippen molar-refractivity contribution in [3.63, 3.8) is 0 Å². The Morgan fingerprint density at radius 3 is 1.73 bits per heavy atom. The Hall–Kier alpha value is -0.900. The fourth-order valence-corrected chi connectivity index (χ4v) is 0.760. The Morgan fingerprint density at radius 2 is 1.55 bits per heavy atom. The van der Waals surface area contributed by atoms with Crippen LogP contribution < -0.4 is 0 Å². The maximum absolute atomic E-state index is 10.6. The van der Waals surface area contributed by atoms with Gasteiger partial charge >= 0.3 is 0 Å². The highest BCUT2D eigenvalue weighted by Crippen LogP contribution is 2.10. The molecule has 0 radical (unpaired) electrons. The van der Waals surface area contributed by atoms with E-state index in [0.717, 1.165) is 5.06 Å². The summed E-state index contributed by atoms with van der Waals surface area (Å²) in [4.78, 5) is 25.7. The Morgan fingerprint density at radius 1 is 1.18 bits per heavy atom. The molecule has 1 aliphatic heterocycles. The first-order valence-corrected chi connectivity index (χ1v) is 3.65. The Bertz CT molecular complexity index is 140. The van der Waals surface area contributed by atoms with E-state index in [9.17, 15) is 9.59 Å². The number of imide groups is 1. The summed E-state index contributed by atoms with van der Waals surface area (Å²) in [7, 11) is 1.31. The van der Waals surface area contributed by atoms with Gasteiger partial charge in [-0.25, -0.2) is 0 Å². The van der Waals surface area contributed by atoms with E-state index in [0.29, 0.717) is 0 Å². The van der Waals surface area contributed by atoms with Crippen molar-refractivity contribution in [1.29, 1.82) is 0 Å². The number of carbonyl (C=O) groups excluding carboxylic acids is 2. The molecule has 1 aliphatic rings. The average Bonchev–Trinajstić information content (AvgIpc) is 2.35. The van der Waals surface area contributed by atoms with Gasteiger partial charge in [0.15, 0.2) is 0 Å². The standard InChI is InChI=1S/C5H7NO3.C2H6/c1-9-6-4(7)2-3-5(6)8;1-2/h2-3H2,1H3;1-2H3. The molecule has 0 bridgehead atoms. The third-order valence-corrected chi connectivity index (χ3v) is 1.19. The third kappa shape index (κ3) is 2.31. The van der Waals surface area contributed by atoms with Gasteiger partial charge in [0.05, 0.1) is 7.11 Å². The van der Waals surface area contributed by atoms with Crippen molar-refractivity contribution in [3.05, 3.63) is 0 Å². The number of hydrogen-bond acceptors (Lipinski definition) is 3. The van der Waals surface area contributed by atoms with Crippen molar-refractivity contribution in [2.45, 2.75) is 26.7 Å². The van der Waals surface area contributed by atoms with Crippen LogP contribution in [0.15, 0.2) is 0 Å². The predicted octanol–water partition coefficient (Wildman–Crippen LogP) is 0.723. The highest BCUT2D eigenvalue weighted by atomic mass is 16.7. The van der Waals surface area contributed by atoms with Crippen LogP contribution in [0.1, 0.15) is 26.7 Å². The van der Waals surface area contributed by atoms with Crippen LogP contribution in [0, 0.1) is 0 Å². The quantitative estimate of drug-likeness (QED) is 0.530. The van der Waals surface area contributed by atoms with Crippen molar-refractivity contribution < 1.29 is 14.4 Å². The van der Waals surface area contributed by atoms with Gasteiger partial charge in [0.1, 0.15) is 0 Å². The zero-order chi connectivity index (χ0) is 8.85. The number of hydrogen-bond donors (Lipinski definition) is 0. The lowest BCUT2D eigenvalue weighted by Crippen LogP contribution is -2.27. The van der Waals surface area contributed by atoms with Crippen molar-refractivity contribution in [2.75, 3.05) is 7.11 Å². The van der Waals surface area contributed by atoms with Crippen molar-refractivity contribution in [1.82, 2.24) is 5.06 Å². The van der Waals surface area contributed by atoms with Crippen LogP contribution in [0.2, 0.25) is 0 Å². The van der Waals surface area contributed by atoms with Gasteiger partial charge in [0, 0.05) is 12.8 Å². The molecule has 64 valence electrons. The van der Waals surface area contributed by atoms with Crippen molar-refractivity contribution in [2.24, 2.45) is 0 Å². The summed E-state index contributed by atoms with van der Waals surface area (Å²) < 4.78 is 0. The molecule has 0 aromatic rings. The first-order chi connectivity index (χ1) is 5.25. The summed E-state index contributed by atoms with van der Waals surface area (Å²) in [5.74, 6) is -0.495. The van der Waals surface area contributed by atoms with Crippen LogP contribution in [-0.2, 0) is 14.4 Å². The average molecular weight is 159 g/mol. The zero-order valence-corrected chi connectivity index (χ0v) is 7.09. The van der Waals surface area contributed by atoms with Crippen molar-refractivity contribution >= 4 is 11.8 Å². The van der Waals surface area contributed by atoms with Gasteiger partial charge in [0.2, 0.25) is 0 Å². The largest absolute Gasteiger partial charge is 0.272 e.